The number of aromatic amines is 1. The number of fused-ring (bicyclic) bond motifs is 1. The van der Waals surface area contributed by atoms with E-state index in [1.807, 2.05) is 49.5 Å². The van der Waals surface area contributed by atoms with Crippen LogP contribution in [0.25, 0.3) is 33.3 Å². The van der Waals surface area contributed by atoms with Gasteiger partial charge in [-0.2, -0.15) is 0 Å². The zero-order valence-corrected chi connectivity index (χ0v) is 22.5. The van der Waals surface area contributed by atoms with Crippen LogP contribution in [0.15, 0.2) is 60.9 Å². The number of amides is 3. The first-order valence-electron chi connectivity index (χ1n) is 13.1. The zero-order chi connectivity index (χ0) is 27.4. The number of urea groups is 1. The van der Waals surface area contributed by atoms with E-state index in [2.05, 4.69) is 21.4 Å². The SMILES string of the molecule is CCCN(C)C(=O)c1cc(-c2cnc3[nH]cc(-c4ccccc4OC)c3c2)ccc1NC(=O)N1CCOCC1. The molecule has 0 unspecified atom stereocenters. The molecule has 3 amide bonds. The third-order valence-electron chi connectivity index (χ3n) is 6.96. The number of aromatic nitrogens is 2. The fraction of sp³-hybridized carbons (Fsp3) is 0.300. The van der Waals surface area contributed by atoms with Crippen LogP contribution in [0.2, 0.25) is 0 Å². The lowest BCUT2D eigenvalue weighted by Gasteiger charge is -2.27. The van der Waals surface area contributed by atoms with Crippen LogP contribution in [0.1, 0.15) is 23.7 Å². The Balaban J connectivity index is 1.54. The molecule has 9 heteroatoms. The van der Waals surface area contributed by atoms with Gasteiger partial charge in [0.1, 0.15) is 11.4 Å². The van der Waals surface area contributed by atoms with E-state index in [4.69, 9.17) is 9.47 Å². The summed E-state index contributed by atoms with van der Waals surface area (Å²) in [6.07, 6.45) is 4.55. The van der Waals surface area contributed by atoms with Crippen LogP contribution in [0, 0.1) is 0 Å². The number of rotatable bonds is 7. The van der Waals surface area contributed by atoms with Gasteiger partial charge in [-0.1, -0.05) is 31.2 Å². The number of hydrogen-bond acceptors (Lipinski definition) is 5. The molecule has 0 bridgehead atoms. The molecule has 1 aliphatic rings. The van der Waals surface area contributed by atoms with Crippen molar-refractivity contribution in [2.75, 3.05) is 52.3 Å². The molecule has 1 aliphatic heterocycles. The van der Waals surface area contributed by atoms with E-state index in [0.717, 1.165) is 45.5 Å². The first-order chi connectivity index (χ1) is 19.0. The third kappa shape index (κ3) is 5.44. The van der Waals surface area contributed by atoms with Crippen LogP contribution in [-0.2, 0) is 4.74 Å². The van der Waals surface area contributed by atoms with Crippen molar-refractivity contribution in [1.82, 2.24) is 19.8 Å². The van der Waals surface area contributed by atoms with Gasteiger partial charge < -0.3 is 29.6 Å². The fourth-order valence-corrected chi connectivity index (χ4v) is 4.86. The van der Waals surface area contributed by atoms with Gasteiger partial charge >= 0.3 is 6.03 Å². The molecule has 4 aromatic rings. The third-order valence-corrected chi connectivity index (χ3v) is 6.96. The first kappa shape index (κ1) is 26.2. The van der Waals surface area contributed by atoms with Gasteiger partial charge in [0.25, 0.3) is 5.91 Å². The number of nitrogens with one attached hydrogen (secondary N) is 2. The van der Waals surface area contributed by atoms with Gasteiger partial charge in [0.15, 0.2) is 0 Å². The quantitative estimate of drug-likeness (QED) is 0.342. The summed E-state index contributed by atoms with van der Waals surface area (Å²) in [4.78, 5) is 37.7. The van der Waals surface area contributed by atoms with Gasteiger partial charge in [0.2, 0.25) is 0 Å². The Morgan fingerprint density at radius 1 is 1.10 bits per heavy atom. The summed E-state index contributed by atoms with van der Waals surface area (Å²) in [5, 5.41) is 3.90. The maximum absolute atomic E-state index is 13.5. The van der Waals surface area contributed by atoms with Crippen molar-refractivity contribution in [3.05, 3.63) is 66.5 Å². The van der Waals surface area contributed by atoms with Crippen molar-refractivity contribution < 1.29 is 19.1 Å². The Kier molecular flexibility index (Phi) is 7.79. The molecule has 5 rings (SSSR count). The van der Waals surface area contributed by atoms with Gasteiger partial charge in [-0.3, -0.25) is 4.79 Å². The number of ether oxygens (including phenoxy) is 2. The lowest BCUT2D eigenvalue weighted by atomic mass is 9.99. The molecule has 0 radical (unpaired) electrons. The molecular formula is C30H33N5O4. The summed E-state index contributed by atoms with van der Waals surface area (Å²) in [6.45, 7) is 4.67. The highest BCUT2D eigenvalue weighted by atomic mass is 16.5. The van der Waals surface area contributed by atoms with Crippen LogP contribution >= 0.6 is 0 Å². The fourth-order valence-electron chi connectivity index (χ4n) is 4.86. The summed E-state index contributed by atoms with van der Waals surface area (Å²) in [7, 11) is 3.43. The lowest BCUT2D eigenvalue weighted by Crippen LogP contribution is -2.43. The molecule has 0 atom stereocenters. The average molecular weight is 528 g/mol. The molecule has 39 heavy (non-hydrogen) atoms. The normalized spacial score (nSPS) is 13.4. The van der Waals surface area contributed by atoms with Crippen molar-refractivity contribution in [2.45, 2.75) is 13.3 Å². The number of morpholine rings is 1. The summed E-state index contributed by atoms with van der Waals surface area (Å²) < 4.78 is 10.9. The van der Waals surface area contributed by atoms with Crippen LogP contribution in [-0.4, -0.2) is 78.7 Å². The number of nitrogens with zero attached hydrogens (tertiary/aromatic N) is 3. The van der Waals surface area contributed by atoms with Gasteiger partial charge in [0, 0.05) is 61.2 Å². The van der Waals surface area contributed by atoms with Crippen LogP contribution < -0.4 is 10.1 Å². The predicted octanol–water partition coefficient (Wildman–Crippen LogP) is 5.25. The van der Waals surface area contributed by atoms with E-state index >= 15 is 0 Å². The van der Waals surface area contributed by atoms with Gasteiger partial charge in [0.05, 0.1) is 31.6 Å². The second-order valence-corrected chi connectivity index (χ2v) is 9.54. The molecule has 2 aromatic heterocycles. The lowest BCUT2D eigenvalue weighted by molar-refractivity contribution is 0.0564. The number of para-hydroxylation sites is 1. The minimum Gasteiger partial charge on any atom is -0.496 e. The van der Waals surface area contributed by atoms with E-state index in [1.54, 1.807) is 36.2 Å². The number of methoxy groups -OCH3 is 1. The van der Waals surface area contributed by atoms with Crippen LogP contribution in [0.3, 0.4) is 0 Å². The standard InChI is InChI=1S/C30H33N5O4/c1-4-11-34(2)29(36)24-16-20(9-10-26(24)33-30(37)35-12-14-39-15-13-35)21-17-23-25(19-32-28(23)31-18-21)22-7-5-6-8-27(22)38-3/h5-10,16-19H,4,11-15H2,1-3H3,(H,31,32)(H,33,37). The summed E-state index contributed by atoms with van der Waals surface area (Å²) in [5.41, 5.74) is 5.30. The molecule has 2 N–H and O–H groups in total. The van der Waals surface area contributed by atoms with E-state index in [-0.39, 0.29) is 11.9 Å². The van der Waals surface area contributed by atoms with Crippen molar-refractivity contribution >= 4 is 28.7 Å². The van der Waals surface area contributed by atoms with Crippen LogP contribution in [0.5, 0.6) is 5.75 Å². The predicted molar refractivity (Wildman–Crippen MR) is 152 cm³/mol. The smallest absolute Gasteiger partial charge is 0.322 e. The number of anilines is 1. The minimum absolute atomic E-state index is 0.152. The Morgan fingerprint density at radius 3 is 2.67 bits per heavy atom. The molecule has 1 fully saturated rings. The molecule has 1 saturated heterocycles. The van der Waals surface area contributed by atoms with E-state index in [1.165, 1.54) is 0 Å². The van der Waals surface area contributed by atoms with Crippen molar-refractivity contribution in [1.29, 1.82) is 0 Å². The Labute approximate surface area is 227 Å². The van der Waals surface area contributed by atoms with Crippen molar-refractivity contribution in [3.8, 4) is 28.0 Å². The van der Waals surface area contributed by atoms with E-state index < -0.39 is 0 Å². The summed E-state index contributed by atoms with van der Waals surface area (Å²) >= 11 is 0. The van der Waals surface area contributed by atoms with E-state index in [9.17, 15) is 9.59 Å². The van der Waals surface area contributed by atoms with Crippen molar-refractivity contribution in [3.63, 3.8) is 0 Å². The number of H-pyrrole nitrogens is 1. The molecule has 3 heterocycles. The summed E-state index contributed by atoms with van der Waals surface area (Å²) in [6, 6.07) is 15.2. The summed E-state index contributed by atoms with van der Waals surface area (Å²) in [5.74, 6) is 0.623. The number of benzene rings is 2. The monoisotopic (exact) mass is 527 g/mol. The Bertz CT molecular complexity index is 1490. The number of hydrogen-bond donors (Lipinski definition) is 2. The average Bonchev–Trinajstić information content (AvgIpc) is 3.40. The van der Waals surface area contributed by atoms with Crippen LogP contribution in [0.4, 0.5) is 10.5 Å². The maximum Gasteiger partial charge on any atom is 0.322 e. The molecule has 202 valence electrons. The number of carbonyl (C=O) groups excluding carboxylic acids is 2. The molecule has 2 aromatic carbocycles. The van der Waals surface area contributed by atoms with Gasteiger partial charge in [-0.25, -0.2) is 9.78 Å². The minimum atomic E-state index is -0.241. The van der Waals surface area contributed by atoms with Crippen molar-refractivity contribution in [2.24, 2.45) is 0 Å². The maximum atomic E-state index is 13.5. The first-order valence-corrected chi connectivity index (χ1v) is 13.1. The molecule has 9 nitrogen and oxygen atoms in total. The molecule has 0 aliphatic carbocycles. The largest absolute Gasteiger partial charge is 0.496 e. The molecule has 0 saturated carbocycles. The van der Waals surface area contributed by atoms with Gasteiger partial charge in [-0.15, -0.1) is 0 Å². The number of pyridine rings is 1. The highest BCUT2D eigenvalue weighted by Gasteiger charge is 2.22. The second-order valence-electron chi connectivity index (χ2n) is 9.54. The zero-order valence-electron chi connectivity index (χ0n) is 22.5. The molecular weight excluding hydrogens is 494 g/mol. The Hall–Kier alpha value is -4.37. The highest BCUT2D eigenvalue weighted by Crippen LogP contribution is 2.36. The molecule has 0 spiro atoms. The van der Waals surface area contributed by atoms with E-state index in [0.29, 0.717) is 44.1 Å². The van der Waals surface area contributed by atoms with Gasteiger partial charge in [-0.05, 0) is 36.2 Å². The number of carbonyl (C=O) groups is 2. The topological polar surface area (TPSA) is 99.8 Å². The highest BCUT2D eigenvalue weighted by molar-refractivity contribution is 6.05. The Morgan fingerprint density at radius 2 is 1.90 bits per heavy atom. The second kappa shape index (κ2) is 11.6.